The molecule has 0 bridgehead atoms. The zero-order valence-electron chi connectivity index (χ0n) is 14.5. The smallest absolute Gasteiger partial charge is 0.187 e. The molecule has 0 atom stereocenters. The molecule has 0 fully saturated rings. The van der Waals surface area contributed by atoms with Gasteiger partial charge in [0.25, 0.3) is 0 Å². The molecular weight excluding hydrogens is 332 g/mol. The Kier molecular flexibility index (Phi) is 3.72. The topological polar surface area (TPSA) is 43.1 Å². The van der Waals surface area contributed by atoms with Crippen molar-refractivity contribution >= 4 is 11.7 Å². The number of fused-ring (bicyclic) bond motifs is 1. The number of hydrogen-bond donors (Lipinski definition) is 0. The summed E-state index contributed by atoms with van der Waals surface area (Å²) in [7, 11) is 0. The molecule has 0 saturated carbocycles. The van der Waals surface area contributed by atoms with Gasteiger partial charge in [-0.05, 0) is 11.6 Å². The van der Waals surface area contributed by atoms with Crippen LogP contribution in [0.15, 0.2) is 91.0 Å². The van der Waals surface area contributed by atoms with Crippen LogP contribution in [0.2, 0.25) is 0 Å². The molecule has 3 aromatic carbocycles. The molecule has 5 rings (SSSR count). The monoisotopic (exact) mass is 348 g/mol. The van der Waals surface area contributed by atoms with Gasteiger partial charge < -0.3 is 0 Å². The number of benzene rings is 3. The van der Waals surface area contributed by atoms with Gasteiger partial charge in [-0.3, -0.25) is 0 Å². The predicted molar refractivity (Wildman–Crippen MR) is 107 cm³/mol. The first-order chi connectivity index (χ1) is 13.4. The Bertz CT molecular complexity index is 1240. The van der Waals surface area contributed by atoms with Crippen molar-refractivity contribution < 1.29 is 0 Å². The van der Waals surface area contributed by atoms with Crippen molar-refractivity contribution in [3.05, 3.63) is 102 Å². The second-order valence-corrected chi connectivity index (χ2v) is 6.31. The van der Waals surface area contributed by atoms with Gasteiger partial charge in [0.05, 0.1) is 0 Å². The molecule has 0 N–H and O–H groups in total. The predicted octanol–water partition coefficient (Wildman–Crippen LogP) is 4.01. The molecule has 0 aliphatic rings. The van der Waals surface area contributed by atoms with Crippen molar-refractivity contribution in [2.75, 3.05) is 0 Å². The summed E-state index contributed by atoms with van der Waals surface area (Å²) in [6.45, 7) is 0. The number of aromatic nitrogens is 4. The van der Waals surface area contributed by atoms with Crippen LogP contribution >= 0.6 is 0 Å². The lowest BCUT2D eigenvalue weighted by molar-refractivity contribution is 0.970. The summed E-state index contributed by atoms with van der Waals surface area (Å²) in [6.07, 6.45) is 2.12. The third kappa shape index (κ3) is 2.77. The van der Waals surface area contributed by atoms with Gasteiger partial charge in [0.2, 0.25) is 0 Å². The van der Waals surface area contributed by atoms with E-state index in [4.69, 9.17) is 5.10 Å². The summed E-state index contributed by atoms with van der Waals surface area (Å²) in [4.78, 5) is 0. The lowest BCUT2D eigenvalue weighted by Gasteiger charge is -1.97. The molecule has 0 saturated heterocycles. The van der Waals surface area contributed by atoms with E-state index in [9.17, 15) is 0 Å². The SMILES string of the molecule is C(/c1ccccc1)=c1\c(-c2ccccc2)nn2c(-c3ccccc3)nnc12. The molecule has 128 valence electrons. The molecule has 5 aromatic rings. The molecule has 27 heavy (non-hydrogen) atoms. The standard InChI is InChI=1S/C23H16N4/c1-4-10-17(11-5-1)16-20-21(18-12-6-2-7-13-18)26-27-22(24-25-23(20)27)19-14-8-3-9-15-19/h1-16H/b20-16-. The number of rotatable bonds is 3. The highest BCUT2D eigenvalue weighted by Crippen LogP contribution is 2.20. The van der Waals surface area contributed by atoms with Gasteiger partial charge in [-0.1, -0.05) is 91.0 Å². The second-order valence-electron chi connectivity index (χ2n) is 6.31. The minimum Gasteiger partial charge on any atom is -0.191 e. The van der Waals surface area contributed by atoms with E-state index >= 15 is 0 Å². The van der Waals surface area contributed by atoms with E-state index in [-0.39, 0.29) is 0 Å². The maximum Gasteiger partial charge on any atom is 0.187 e. The van der Waals surface area contributed by atoms with Gasteiger partial charge in [0, 0.05) is 16.3 Å². The summed E-state index contributed by atoms with van der Waals surface area (Å²) in [5.41, 5.74) is 4.82. The largest absolute Gasteiger partial charge is 0.191 e. The van der Waals surface area contributed by atoms with E-state index in [0.717, 1.165) is 39.1 Å². The average Bonchev–Trinajstić information content (AvgIpc) is 3.30. The lowest BCUT2D eigenvalue weighted by Crippen LogP contribution is -2.03. The van der Waals surface area contributed by atoms with Gasteiger partial charge in [0.15, 0.2) is 11.5 Å². The van der Waals surface area contributed by atoms with E-state index in [1.54, 1.807) is 0 Å². The van der Waals surface area contributed by atoms with Gasteiger partial charge in [-0.2, -0.15) is 9.61 Å². The minimum atomic E-state index is 0.746. The molecule has 0 unspecified atom stereocenters. The summed E-state index contributed by atoms with van der Waals surface area (Å²) in [5, 5.41) is 14.7. The van der Waals surface area contributed by atoms with Gasteiger partial charge in [-0.15, -0.1) is 10.2 Å². The molecule has 0 aliphatic heterocycles. The molecule has 0 spiro atoms. The minimum absolute atomic E-state index is 0.746. The molecule has 2 heterocycles. The summed E-state index contributed by atoms with van der Waals surface area (Å²) in [5.74, 6) is 0.746. The fraction of sp³-hybridized carbons (Fsp3) is 0. The average molecular weight is 348 g/mol. The van der Waals surface area contributed by atoms with Crippen LogP contribution in [-0.2, 0) is 0 Å². The Hall–Kier alpha value is -3.79. The van der Waals surface area contributed by atoms with E-state index in [1.165, 1.54) is 0 Å². The van der Waals surface area contributed by atoms with Crippen LogP contribution in [0.5, 0.6) is 0 Å². The molecule has 2 aromatic heterocycles. The highest BCUT2D eigenvalue weighted by Gasteiger charge is 2.16. The van der Waals surface area contributed by atoms with Crippen molar-refractivity contribution in [2.45, 2.75) is 0 Å². The zero-order chi connectivity index (χ0) is 18.1. The fourth-order valence-electron chi connectivity index (χ4n) is 3.23. The third-order valence-corrected chi connectivity index (χ3v) is 4.53. The van der Waals surface area contributed by atoms with Crippen LogP contribution in [0.1, 0.15) is 5.56 Å². The fourth-order valence-corrected chi connectivity index (χ4v) is 3.23. The first kappa shape index (κ1) is 15.5. The van der Waals surface area contributed by atoms with Crippen LogP contribution in [0, 0.1) is 0 Å². The van der Waals surface area contributed by atoms with Crippen molar-refractivity contribution in [1.82, 2.24) is 19.8 Å². The van der Waals surface area contributed by atoms with Crippen molar-refractivity contribution in [2.24, 2.45) is 0 Å². The molecule has 4 nitrogen and oxygen atoms in total. The molecule has 0 radical (unpaired) electrons. The molecule has 0 amide bonds. The third-order valence-electron chi connectivity index (χ3n) is 4.53. The summed E-state index contributed by atoms with van der Waals surface area (Å²) < 4.78 is 1.84. The summed E-state index contributed by atoms with van der Waals surface area (Å²) >= 11 is 0. The van der Waals surface area contributed by atoms with Crippen LogP contribution in [0.3, 0.4) is 0 Å². The van der Waals surface area contributed by atoms with Gasteiger partial charge in [-0.25, -0.2) is 0 Å². The maximum absolute atomic E-state index is 4.88. The Labute approximate surface area is 156 Å². The van der Waals surface area contributed by atoms with E-state index in [0.29, 0.717) is 0 Å². The Morgan fingerprint density at radius 1 is 0.630 bits per heavy atom. The van der Waals surface area contributed by atoms with Crippen molar-refractivity contribution in [3.8, 4) is 22.6 Å². The Balaban J connectivity index is 1.81. The second kappa shape index (κ2) is 6.50. The van der Waals surface area contributed by atoms with Crippen LogP contribution in [-0.4, -0.2) is 19.8 Å². The molecular formula is C23H16N4. The van der Waals surface area contributed by atoms with E-state index < -0.39 is 0 Å². The molecule has 4 heteroatoms. The first-order valence-corrected chi connectivity index (χ1v) is 8.83. The Morgan fingerprint density at radius 3 is 1.89 bits per heavy atom. The normalized spacial score (nSPS) is 11.9. The maximum atomic E-state index is 4.88. The summed E-state index contributed by atoms with van der Waals surface area (Å²) in [6, 6.07) is 30.4. The quantitative estimate of drug-likeness (QED) is 0.495. The van der Waals surface area contributed by atoms with Crippen LogP contribution < -0.4 is 5.22 Å². The van der Waals surface area contributed by atoms with Crippen molar-refractivity contribution in [1.29, 1.82) is 0 Å². The lowest BCUT2D eigenvalue weighted by atomic mass is 10.1. The first-order valence-electron chi connectivity index (χ1n) is 8.83. The number of hydrogen-bond acceptors (Lipinski definition) is 3. The molecule has 0 aliphatic carbocycles. The Morgan fingerprint density at radius 2 is 1.22 bits per heavy atom. The zero-order valence-corrected chi connectivity index (χ0v) is 14.5. The number of nitrogens with zero attached hydrogens (tertiary/aromatic N) is 4. The van der Waals surface area contributed by atoms with Crippen LogP contribution in [0.25, 0.3) is 34.4 Å². The van der Waals surface area contributed by atoms with Gasteiger partial charge in [0.1, 0.15) is 5.69 Å². The van der Waals surface area contributed by atoms with E-state index in [1.807, 2.05) is 71.2 Å². The highest BCUT2D eigenvalue weighted by atomic mass is 15.4. The van der Waals surface area contributed by atoms with E-state index in [2.05, 4.69) is 40.5 Å². The van der Waals surface area contributed by atoms with Crippen molar-refractivity contribution in [3.63, 3.8) is 0 Å². The van der Waals surface area contributed by atoms with Crippen LogP contribution in [0.4, 0.5) is 0 Å². The van der Waals surface area contributed by atoms with Gasteiger partial charge >= 0.3 is 0 Å². The highest BCUT2D eigenvalue weighted by molar-refractivity contribution is 5.72.